The van der Waals surface area contributed by atoms with Gasteiger partial charge in [0.2, 0.25) is 5.88 Å². The van der Waals surface area contributed by atoms with Crippen LogP contribution in [0.15, 0.2) is 42.6 Å². The molecule has 5 nitrogen and oxygen atoms in total. The van der Waals surface area contributed by atoms with E-state index in [-0.39, 0.29) is 18.0 Å². The van der Waals surface area contributed by atoms with Crippen LogP contribution in [-0.2, 0) is 16.9 Å². The zero-order valence-electron chi connectivity index (χ0n) is 13.6. The molecule has 0 saturated heterocycles. The number of aromatic nitrogens is 1. The predicted molar refractivity (Wildman–Crippen MR) is 86.1 cm³/mol. The summed E-state index contributed by atoms with van der Waals surface area (Å²) in [5.41, 5.74) is -3.22. The molecule has 1 aliphatic carbocycles. The lowest BCUT2D eigenvalue weighted by molar-refractivity contribution is -0.257. The molecule has 1 aromatic heterocycles. The van der Waals surface area contributed by atoms with Gasteiger partial charge in [-0.2, -0.15) is 13.2 Å². The summed E-state index contributed by atoms with van der Waals surface area (Å²) in [7, 11) is 0. The van der Waals surface area contributed by atoms with Crippen LogP contribution in [0.2, 0.25) is 0 Å². The van der Waals surface area contributed by atoms with E-state index in [2.05, 4.69) is 10.3 Å². The Morgan fingerprint density at radius 1 is 1.23 bits per heavy atom. The van der Waals surface area contributed by atoms with Gasteiger partial charge in [-0.1, -0.05) is 30.3 Å². The second-order valence-corrected chi connectivity index (χ2v) is 6.28. The molecule has 26 heavy (non-hydrogen) atoms. The summed E-state index contributed by atoms with van der Waals surface area (Å²) in [6.45, 7) is -0.385. The fourth-order valence-electron chi connectivity index (χ4n) is 2.70. The van der Waals surface area contributed by atoms with Crippen LogP contribution in [0.25, 0.3) is 0 Å². The Morgan fingerprint density at radius 2 is 1.88 bits per heavy atom. The van der Waals surface area contributed by atoms with E-state index in [4.69, 9.17) is 0 Å². The molecule has 1 atom stereocenters. The number of hydrogen-bond donors (Lipinski definition) is 3. The Balaban J connectivity index is 1.82. The Labute approximate surface area is 147 Å². The maximum Gasteiger partial charge on any atom is 0.430 e. The van der Waals surface area contributed by atoms with Gasteiger partial charge in [-0.3, -0.25) is 4.79 Å². The SMILES string of the molecule is O=C(NCc1cc(C2CC2)cnc1O)[C@@](O)(c1ccccc1)C(F)(F)F. The van der Waals surface area contributed by atoms with Crippen molar-refractivity contribution >= 4 is 5.91 Å². The van der Waals surface area contributed by atoms with E-state index in [0.29, 0.717) is 5.92 Å². The van der Waals surface area contributed by atoms with Crippen LogP contribution in [0, 0.1) is 0 Å². The Kier molecular flexibility index (Phi) is 4.62. The van der Waals surface area contributed by atoms with Gasteiger partial charge in [0.1, 0.15) is 0 Å². The summed E-state index contributed by atoms with van der Waals surface area (Å²) in [5.74, 6) is -1.66. The van der Waals surface area contributed by atoms with Gasteiger partial charge in [-0.25, -0.2) is 4.98 Å². The predicted octanol–water partition coefficient (Wildman–Crippen LogP) is 2.73. The molecule has 138 valence electrons. The summed E-state index contributed by atoms with van der Waals surface area (Å²) in [6.07, 6.45) is -1.73. The van der Waals surface area contributed by atoms with Crippen molar-refractivity contribution in [1.29, 1.82) is 0 Å². The number of hydrogen-bond acceptors (Lipinski definition) is 4. The van der Waals surface area contributed by atoms with Gasteiger partial charge in [0.25, 0.3) is 11.5 Å². The maximum absolute atomic E-state index is 13.5. The summed E-state index contributed by atoms with van der Waals surface area (Å²) in [4.78, 5) is 16.1. The van der Waals surface area contributed by atoms with Crippen LogP contribution in [0.3, 0.4) is 0 Å². The molecule has 0 bridgehead atoms. The van der Waals surface area contributed by atoms with Crippen LogP contribution in [0.5, 0.6) is 5.88 Å². The van der Waals surface area contributed by atoms with Gasteiger partial charge in [-0.05, 0) is 30.4 Å². The zero-order chi connectivity index (χ0) is 18.9. The van der Waals surface area contributed by atoms with Crippen molar-refractivity contribution < 1.29 is 28.2 Å². The molecule has 3 N–H and O–H groups in total. The number of benzene rings is 1. The van der Waals surface area contributed by atoms with Crippen molar-refractivity contribution in [2.75, 3.05) is 0 Å². The molecule has 1 aromatic carbocycles. The molecule has 0 spiro atoms. The lowest BCUT2D eigenvalue weighted by atomic mass is 9.92. The zero-order valence-corrected chi connectivity index (χ0v) is 13.6. The first kappa shape index (κ1) is 18.2. The number of halogens is 3. The minimum Gasteiger partial charge on any atom is -0.493 e. The highest BCUT2D eigenvalue weighted by Crippen LogP contribution is 2.41. The number of carbonyl (C=O) groups excluding carboxylic acids is 1. The minimum absolute atomic E-state index is 0.195. The molecule has 2 aromatic rings. The quantitative estimate of drug-likeness (QED) is 0.760. The van der Waals surface area contributed by atoms with E-state index in [1.807, 2.05) is 0 Å². The lowest BCUT2D eigenvalue weighted by Gasteiger charge is -2.29. The molecule has 0 aliphatic heterocycles. The molecule has 8 heteroatoms. The van der Waals surface area contributed by atoms with Crippen molar-refractivity contribution in [1.82, 2.24) is 10.3 Å². The van der Waals surface area contributed by atoms with Gasteiger partial charge < -0.3 is 15.5 Å². The first-order valence-corrected chi connectivity index (χ1v) is 8.04. The van der Waals surface area contributed by atoms with Gasteiger partial charge in [0.05, 0.1) is 0 Å². The first-order chi connectivity index (χ1) is 12.2. The summed E-state index contributed by atoms with van der Waals surface area (Å²) < 4.78 is 40.4. The number of amides is 1. The molecule has 1 aliphatic rings. The van der Waals surface area contributed by atoms with E-state index in [9.17, 15) is 28.2 Å². The van der Waals surface area contributed by atoms with E-state index >= 15 is 0 Å². The van der Waals surface area contributed by atoms with Crippen LogP contribution >= 0.6 is 0 Å². The third kappa shape index (κ3) is 3.37. The second kappa shape index (κ2) is 6.60. The van der Waals surface area contributed by atoms with Gasteiger partial charge in [-0.15, -0.1) is 0 Å². The fraction of sp³-hybridized carbons (Fsp3) is 0.333. The van der Waals surface area contributed by atoms with Crippen molar-refractivity contribution in [3.8, 4) is 5.88 Å². The minimum atomic E-state index is -5.21. The molecular formula is C18H17F3N2O3. The average molecular weight is 366 g/mol. The largest absolute Gasteiger partial charge is 0.493 e. The van der Waals surface area contributed by atoms with Gasteiger partial charge in [0.15, 0.2) is 0 Å². The number of carbonyl (C=O) groups is 1. The van der Waals surface area contributed by atoms with E-state index in [0.717, 1.165) is 30.5 Å². The number of pyridine rings is 1. The number of aromatic hydroxyl groups is 1. The monoisotopic (exact) mass is 366 g/mol. The van der Waals surface area contributed by atoms with Crippen LogP contribution in [-0.4, -0.2) is 27.3 Å². The fourth-order valence-corrected chi connectivity index (χ4v) is 2.70. The maximum atomic E-state index is 13.5. The lowest BCUT2D eigenvalue weighted by Crippen LogP contribution is -2.54. The van der Waals surface area contributed by atoms with E-state index in [1.54, 1.807) is 6.07 Å². The summed E-state index contributed by atoms with van der Waals surface area (Å²) in [6, 6.07) is 7.74. The van der Waals surface area contributed by atoms with Crippen molar-refractivity contribution in [2.24, 2.45) is 0 Å². The third-order valence-electron chi connectivity index (χ3n) is 4.38. The highest BCUT2D eigenvalue weighted by atomic mass is 19.4. The molecule has 1 fully saturated rings. The molecule has 3 rings (SSSR count). The van der Waals surface area contributed by atoms with Crippen LogP contribution in [0.1, 0.15) is 35.4 Å². The topological polar surface area (TPSA) is 82.5 Å². The van der Waals surface area contributed by atoms with Crippen molar-refractivity contribution in [3.63, 3.8) is 0 Å². The van der Waals surface area contributed by atoms with Crippen LogP contribution < -0.4 is 5.32 Å². The Hall–Kier alpha value is -2.61. The Bertz CT molecular complexity index is 807. The number of nitrogens with one attached hydrogen (secondary N) is 1. The normalized spacial score (nSPS) is 16.8. The standard InChI is InChI=1S/C18H17F3N2O3/c19-18(20,21)17(26,14-4-2-1-3-5-14)16(25)23-10-13-8-12(11-6-7-11)9-22-15(13)24/h1-5,8-9,11,26H,6-7,10H2,(H,22,24)(H,23,25)/t17-/m0/s1. The van der Waals surface area contributed by atoms with Crippen molar-refractivity contribution in [3.05, 3.63) is 59.3 Å². The summed E-state index contributed by atoms with van der Waals surface area (Å²) >= 11 is 0. The molecule has 0 unspecified atom stereocenters. The number of aliphatic hydroxyl groups is 1. The highest BCUT2D eigenvalue weighted by Gasteiger charge is 2.60. The first-order valence-electron chi connectivity index (χ1n) is 8.04. The van der Waals surface area contributed by atoms with E-state index in [1.165, 1.54) is 24.4 Å². The number of nitrogens with zero attached hydrogens (tertiary/aromatic N) is 1. The molecule has 0 radical (unpaired) electrons. The average Bonchev–Trinajstić information content (AvgIpc) is 3.45. The summed E-state index contributed by atoms with van der Waals surface area (Å²) in [5, 5.41) is 22.0. The molecule has 1 saturated carbocycles. The molecule has 1 heterocycles. The van der Waals surface area contributed by atoms with Gasteiger partial charge in [0, 0.05) is 23.9 Å². The van der Waals surface area contributed by atoms with Crippen LogP contribution in [0.4, 0.5) is 13.2 Å². The van der Waals surface area contributed by atoms with Crippen molar-refractivity contribution in [2.45, 2.75) is 37.1 Å². The van der Waals surface area contributed by atoms with Gasteiger partial charge >= 0.3 is 6.18 Å². The Morgan fingerprint density at radius 3 is 2.46 bits per heavy atom. The number of alkyl halides is 3. The third-order valence-corrected chi connectivity index (χ3v) is 4.38. The second-order valence-electron chi connectivity index (χ2n) is 6.28. The number of rotatable bonds is 5. The molecule has 1 amide bonds. The highest BCUT2D eigenvalue weighted by molar-refractivity contribution is 5.87. The smallest absolute Gasteiger partial charge is 0.430 e. The van der Waals surface area contributed by atoms with E-state index < -0.39 is 23.2 Å². The molecular weight excluding hydrogens is 349 g/mol.